The molecular weight excluding hydrogens is 278 g/mol. The lowest BCUT2D eigenvalue weighted by Crippen LogP contribution is -2.18. The van der Waals surface area contributed by atoms with Gasteiger partial charge in [0.15, 0.2) is 0 Å². The van der Waals surface area contributed by atoms with E-state index < -0.39 is 15.4 Å². The summed E-state index contributed by atoms with van der Waals surface area (Å²) in [7, 11) is -3.86. The Bertz CT molecular complexity index is 934. The first-order chi connectivity index (χ1) is 9.59. The van der Waals surface area contributed by atoms with Crippen LogP contribution in [0.25, 0.3) is 11.0 Å². The van der Waals surface area contributed by atoms with Crippen LogP contribution in [0, 0.1) is 0 Å². The number of aromatic amines is 1. The maximum absolute atomic E-state index is 12.4. The molecule has 2 aromatic heterocycles. The Kier molecular flexibility index (Phi) is 2.83. The van der Waals surface area contributed by atoms with Gasteiger partial charge in [-0.3, -0.25) is 4.79 Å². The van der Waals surface area contributed by atoms with E-state index in [4.69, 9.17) is 0 Å². The Morgan fingerprint density at radius 1 is 1.10 bits per heavy atom. The second-order valence-electron chi connectivity index (χ2n) is 4.11. The molecule has 0 aliphatic heterocycles. The molecule has 0 unspecified atom stereocenters. The van der Waals surface area contributed by atoms with Crippen molar-refractivity contribution < 1.29 is 8.42 Å². The number of nitrogens with one attached hydrogen (secondary N) is 1. The van der Waals surface area contributed by atoms with E-state index in [1.54, 1.807) is 18.2 Å². The molecule has 0 aliphatic carbocycles. The first kappa shape index (κ1) is 12.5. The Morgan fingerprint density at radius 2 is 1.85 bits per heavy atom. The van der Waals surface area contributed by atoms with Crippen molar-refractivity contribution in [3.63, 3.8) is 0 Å². The summed E-state index contributed by atoms with van der Waals surface area (Å²) in [5, 5.41) is 0.460. The van der Waals surface area contributed by atoms with Crippen molar-refractivity contribution in [3.05, 3.63) is 59.3 Å². The molecule has 0 radical (unpaired) electrons. The highest BCUT2D eigenvalue weighted by atomic mass is 32.2. The van der Waals surface area contributed by atoms with Gasteiger partial charge in [-0.1, -0.05) is 18.2 Å². The van der Waals surface area contributed by atoms with Crippen molar-refractivity contribution >= 4 is 20.9 Å². The highest BCUT2D eigenvalue weighted by molar-refractivity contribution is 7.91. The quantitative estimate of drug-likeness (QED) is 0.763. The molecule has 1 N–H and O–H groups in total. The molecule has 0 amide bonds. The maximum Gasteiger partial charge on any atom is 0.268 e. The van der Waals surface area contributed by atoms with Crippen LogP contribution in [0.15, 0.2) is 63.5 Å². The number of aromatic nitrogens is 3. The van der Waals surface area contributed by atoms with E-state index in [0.717, 1.165) is 0 Å². The van der Waals surface area contributed by atoms with Gasteiger partial charge in [-0.15, -0.1) is 0 Å². The third-order valence-electron chi connectivity index (χ3n) is 2.83. The monoisotopic (exact) mass is 287 g/mol. The van der Waals surface area contributed by atoms with Gasteiger partial charge in [0, 0.05) is 11.6 Å². The summed E-state index contributed by atoms with van der Waals surface area (Å²) >= 11 is 0. The first-order valence-electron chi connectivity index (χ1n) is 5.72. The summed E-state index contributed by atoms with van der Waals surface area (Å²) in [5.74, 6) is 0. The molecule has 1 aromatic carbocycles. The van der Waals surface area contributed by atoms with E-state index in [1.165, 1.54) is 30.7 Å². The van der Waals surface area contributed by atoms with Crippen molar-refractivity contribution in [2.24, 2.45) is 0 Å². The number of benzene rings is 1. The minimum Gasteiger partial charge on any atom is -0.305 e. The molecule has 0 saturated carbocycles. The van der Waals surface area contributed by atoms with Gasteiger partial charge in [-0.25, -0.2) is 18.4 Å². The Balaban J connectivity index is 2.30. The molecule has 0 fully saturated rings. The second-order valence-corrected chi connectivity index (χ2v) is 6.02. The smallest absolute Gasteiger partial charge is 0.268 e. The lowest BCUT2D eigenvalue weighted by molar-refractivity contribution is 0.595. The molecule has 6 nitrogen and oxygen atoms in total. The van der Waals surface area contributed by atoms with Gasteiger partial charge in [0.25, 0.3) is 5.56 Å². The van der Waals surface area contributed by atoms with E-state index in [2.05, 4.69) is 15.0 Å². The summed E-state index contributed by atoms with van der Waals surface area (Å²) in [4.78, 5) is 21.9. The van der Waals surface area contributed by atoms with Gasteiger partial charge in [0.05, 0.1) is 4.90 Å². The lowest BCUT2D eigenvalue weighted by atomic mass is 10.3. The van der Waals surface area contributed by atoms with Gasteiger partial charge < -0.3 is 4.98 Å². The zero-order valence-electron chi connectivity index (χ0n) is 10.1. The predicted octanol–water partition coefficient (Wildman–Crippen LogP) is 1.15. The highest BCUT2D eigenvalue weighted by Crippen LogP contribution is 2.19. The Hall–Kier alpha value is -2.54. The van der Waals surface area contributed by atoms with E-state index >= 15 is 0 Å². The van der Waals surface area contributed by atoms with Gasteiger partial charge in [-0.05, 0) is 18.2 Å². The summed E-state index contributed by atoms with van der Waals surface area (Å²) in [6.07, 6.45) is 2.73. The van der Waals surface area contributed by atoms with Crippen molar-refractivity contribution in [2.45, 2.75) is 9.79 Å². The zero-order chi connectivity index (χ0) is 14.2. The van der Waals surface area contributed by atoms with E-state index in [-0.39, 0.29) is 9.79 Å². The number of H-pyrrole nitrogens is 1. The topological polar surface area (TPSA) is 92.8 Å². The number of pyridine rings is 1. The van der Waals surface area contributed by atoms with Crippen molar-refractivity contribution in [1.29, 1.82) is 0 Å². The van der Waals surface area contributed by atoms with Gasteiger partial charge in [-0.2, -0.15) is 0 Å². The van der Waals surface area contributed by atoms with E-state index in [1.807, 2.05) is 0 Å². The van der Waals surface area contributed by atoms with Crippen molar-refractivity contribution in [3.8, 4) is 0 Å². The summed E-state index contributed by atoms with van der Waals surface area (Å²) < 4.78 is 24.9. The zero-order valence-corrected chi connectivity index (χ0v) is 11.0. The van der Waals surface area contributed by atoms with Crippen LogP contribution in [0.3, 0.4) is 0 Å². The molecule has 0 aliphatic rings. The third-order valence-corrected chi connectivity index (χ3v) is 4.60. The summed E-state index contributed by atoms with van der Waals surface area (Å²) in [6.45, 7) is 0. The van der Waals surface area contributed by atoms with Crippen LogP contribution in [0.2, 0.25) is 0 Å². The second kappa shape index (κ2) is 4.53. The largest absolute Gasteiger partial charge is 0.305 e. The first-order valence-corrected chi connectivity index (χ1v) is 7.20. The number of sulfone groups is 1. The van der Waals surface area contributed by atoms with Crippen LogP contribution in [-0.2, 0) is 9.84 Å². The molecule has 2 heterocycles. The standard InChI is InChI=1S/C13H9N3O3S/c17-13-11(6-9-7-14-8-15-12(9)16-13)20(18,19)10-4-2-1-3-5-10/h1-8H,(H,14,15,16,17). The lowest BCUT2D eigenvalue weighted by Gasteiger charge is -2.04. The minimum absolute atomic E-state index is 0.0710. The molecule has 100 valence electrons. The fraction of sp³-hybridized carbons (Fsp3) is 0. The van der Waals surface area contributed by atoms with Crippen molar-refractivity contribution in [1.82, 2.24) is 15.0 Å². The Labute approximate surface area is 114 Å². The van der Waals surface area contributed by atoms with E-state index in [9.17, 15) is 13.2 Å². The normalized spacial score (nSPS) is 11.6. The molecule has 3 aromatic rings. The van der Waals surface area contributed by atoms with Crippen LogP contribution >= 0.6 is 0 Å². The third kappa shape index (κ3) is 1.97. The van der Waals surface area contributed by atoms with Crippen LogP contribution in [0.5, 0.6) is 0 Å². The minimum atomic E-state index is -3.86. The number of fused-ring (bicyclic) bond motifs is 1. The molecule has 0 spiro atoms. The molecule has 0 atom stereocenters. The number of rotatable bonds is 2. The van der Waals surface area contributed by atoms with E-state index in [0.29, 0.717) is 11.0 Å². The summed E-state index contributed by atoms with van der Waals surface area (Å²) in [5.41, 5.74) is -0.392. The molecule has 3 rings (SSSR count). The van der Waals surface area contributed by atoms with Gasteiger partial charge >= 0.3 is 0 Å². The molecule has 20 heavy (non-hydrogen) atoms. The van der Waals surface area contributed by atoms with Gasteiger partial charge in [0.2, 0.25) is 9.84 Å². The van der Waals surface area contributed by atoms with Crippen LogP contribution in [0.4, 0.5) is 0 Å². The number of hydrogen-bond donors (Lipinski definition) is 1. The highest BCUT2D eigenvalue weighted by Gasteiger charge is 2.21. The average molecular weight is 287 g/mol. The fourth-order valence-corrected chi connectivity index (χ4v) is 3.20. The average Bonchev–Trinajstić information content (AvgIpc) is 2.47. The molecule has 0 bridgehead atoms. The van der Waals surface area contributed by atoms with Crippen LogP contribution < -0.4 is 5.56 Å². The summed E-state index contributed by atoms with van der Waals surface area (Å²) in [6, 6.07) is 9.09. The molecular formula is C13H9N3O3S. The number of hydrogen-bond acceptors (Lipinski definition) is 5. The number of nitrogens with zero attached hydrogens (tertiary/aromatic N) is 2. The molecule has 0 saturated heterocycles. The van der Waals surface area contributed by atoms with Crippen LogP contribution in [0.1, 0.15) is 0 Å². The Morgan fingerprint density at radius 3 is 2.60 bits per heavy atom. The SMILES string of the molecule is O=c1[nH]c2ncncc2cc1S(=O)(=O)c1ccccc1. The van der Waals surface area contributed by atoms with Crippen LogP contribution in [-0.4, -0.2) is 23.4 Å². The fourth-order valence-electron chi connectivity index (χ4n) is 1.85. The molecule has 7 heteroatoms. The predicted molar refractivity (Wildman–Crippen MR) is 72.1 cm³/mol. The van der Waals surface area contributed by atoms with Crippen molar-refractivity contribution in [2.75, 3.05) is 0 Å². The van der Waals surface area contributed by atoms with Gasteiger partial charge in [0.1, 0.15) is 16.9 Å². The maximum atomic E-state index is 12.4.